The van der Waals surface area contributed by atoms with Crippen LogP contribution in [0.5, 0.6) is 0 Å². The smallest absolute Gasteiger partial charge is 0.293 e. The number of alkyl halides is 4. The third-order valence-electron chi connectivity index (χ3n) is 1.99. The molecule has 0 aliphatic heterocycles. The standard InChI is InChI=1S/C9H4BrClF3NO3/c10-5-1-4(7(16)3-11)2-6(15(17)18)8(5)9(12,13)14/h1-2H,3H2. The monoisotopic (exact) mass is 345 g/mol. The summed E-state index contributed by atoms with van der Waals surface area (Å²) in [4.78, 5) is 20.7. The number of nitro groups is 1. The highest BCUT2D eigenvalue weighted by molar-refractivity contribution is 9.10. The molecule has 0 heterocycles. The van der Waals surface area contributed by atoms with Gasteiger partial charge in [-0.05, 0) is 22.0 Å². The number of Topliss-reactive ketones (excluding diaryl/α,β-unsaturated/α-hetero) is 1. The van der Waals surface area contributed by atoms with Crippen LogP contribution in [-0.4, -0.2) is 16.6 Å². The van der Waals surface area contributed by atoms with Crippen molar-refractivity contribution in [2.45, 2.75) is 6.18 Å². The second-order valence-corrected chi connectivity index (χ2v) is 4.29. The molecule has 0 amide bonds. The van der Waals surface area contributed by atoms with Gasteiger partial charge in [-0.1, -0.05) is 0 Å². The quantitative estimate of drug-likeness (QED) is 0.362. The first kappa shape index (κ1) is 14.9. The van der Waals surface area contributed by atoms with Crippen LogP contribution in [0.1, 0.15) is 15.9 Å². The molecule has 1 aromatic rings. The van der Waals surface area contributed by atoms with Crippen LogP contribution >= 0.6 is 27.5 Å². The van der Waals surface area contributed by atoms with Crippen molar-refractivity contribution in [3.63, 3.8) is 0 Å². The van der Waals surface area contributed by atoms with Crippen molar-refractivity contribution in [2.24, 2.45) is 0 Å². The van der Waals surface area contributed by atoms with Gasteiger partial charge in [-0.3, -0.25) is 14.9 Å². The van der Waals surface area contributed by atoms with Crippen LogP contribution in [0.2, 0.25) is 0 Å². The van der Waals surface area contributed by atoms with E-state index in [0.29, 0.717) is 6.07 Å². The van der Waals surface area contributed by atoms with Crippen molar-refractivity contribution in [1.82, 2.24) is 0 Å². The Hall–Kier alpha value is -1.15. The average molecular weight is 346 g/mol. The molecule has 9 heteroatoms. The number of benzene rings is 1. The zero-order chi connectivity index (χ0) is 14.1. The van der Waals surface area contributed by atoms with E-state index in [2.05, 4.69) is 15.9 Å². The van der Waals surface area contributed by atoms with Gasteiger partial charge in [-0.15, -0.1) is 11.6 Å². The molecule has 1 rings (SSSR count). The number of nitrogens with zero attached hydrogens (tertiary/aromatic N) is 1. The summed E-state index contributed by atoms with van der Waals surface area (Å²) >= 11 is 7.82. The molecular weight excluding hydrogens is 342 g/mol. The highest BCUT2D eigenvalue weighted by atomic mass is 79.9. The second-order valence-electron chi connectivity index (χ2n) is 3.16. The minimum atomic E-state index is -4.90. The van der Waals surface area contributed by atoms with E-state index in [1.165, 1.54) is 0 Å². The fourth-order valence-electron chi connectivity index (χ4n) is 1.25. The van der Waals surface area contributed by atoms with Crippen molar-refractivity contribution < 1.29 is 22.9 Å². The summed E-state index contributed by atoms with van der Waals surface area (Å²) < 4.78 is 37.3. The zero-order valence-corrected chi connectivity index (χ0v) is 10.8. The molecule has 0 radical (unpaired) electrons. The lowest BCUT2D eigenvalue weighted by molar-refractivity contribution is -0.388. The molecule has 0 bridgehead atoms. The van der Waals surface area contributed by atoms with E-state index in [0.717, 1.165) is 6.07 Å². The summed E-state index contributed by atoms with van der Waals surface area (Å²) in [7, 11) is 0. The maximum absolute atomic E-state index is 12.6. The highest BCUT2D eigenvalue weighted by Crippen LogP contribution is 2.41. The van der Waals surface area contributed by atoms with Crippen LogP contribution in [-0.2, 0) is 6.18 Å². The number of carbonyl (C=O) groups excluding carboxylic acids is 1. The molecule has 0 fully saturated rings. The summed E-state index contributed by atoms with van der Waals surface area (Å²) in [6.07, 6.45) is -4.90. The van der Waals surface area contributed by atoms with Crippen LogP contribution in [0.15, 0.2) is 16.6 Å². The molecule has 4 nitrogen and oxygen atoms in total. The van der Waals surface area contributed by atoms with Gasteiger partial charge in [0.1, 0.15) is 5.56 Å². The first-order valence-corrected chi connectivity index (χ1v) is 5.65. The Balaban J connectivity index is 3.56. The third kappa shape index (κ3) is 2.99. The molecule has 0 aliphatic rings. The van der Waals surface area contributed by atoms with E-state index in [4.69, 9.17) is 11.6 Å². The summed E-state index contributed by atoms with van der Waals surface area (Å²) in [6.45, 7) is 0. The normalized spacial score (nSPS) is 11.4. The Labute approximate surface area is 112 Å². The van der Waals surface area contributed by atoms with Crippen LogP contribution in [0.25, 0.3) is 0 Å². The van der Waals surface area contributed by atoms with Crippen molar-refractivity contribution in [3.8, 4) is 0 Å². The van der Waals surface area contributed by atoms with Gasteiger partial charge in [0.15, 0.2) is 5.78 Å². The van der Waals surface area contributed by atoms with Crippen molar-refractivity contribution in [1.29, 1.82) is 0 Å². The summed E-state index contributed by atoms with van der Waals surface area (Å²) in [6, 6.07) is 1.43. The van der Waals surface area contributed by atoms with Crippen LogP contribution in [0.3, 0.4) is 0 Å². The van der Waals surface area contributed by atoms with Crippen LogP contribution < -0.4 is 0 Å². The molecule has 18 heavy (non-hydrogen) atoms. The van der Waals surface area contributed by atoms with Gasteiger partial charge < -0.3 is 0 Å². The van der Waals surface area contributed by atoms with E-state index in [1.807, 2.05) is 0 Å². The van der Waals surface area contributed by atoms with Gasteiger partial charge in [-0.2, -0.15) is 13.2 Å². The Bertz CT molecular complexity index is 519. The number of nitro benzene ring substituents is 1. The van der Waals surface area contributed by atoms with Gasteiger partial charge in [0, 0.05) is 16.1 Å². The summed E-state index contributed by atoms with van der Waals surface area (Å²) in [5.74, 6) is -1.18. The number of halogens is 5. The van der Waals surface area contributed by atoms with E-state index >= 15 is 0 Å². The summed E-state index contributed by atoms with van der Waals surface area (Å²) in [5.41, 5.74) is -2.87. The van der Waals surface area contributed by atoms with Gasteiger partial charge in [0.05, 0.1) is 10.8 Å². The molecule has 0 atom stereocenters. The molecule has 0 N–H and O–H groups in total. The molecular formula is C9H4BrClF3NO3. The van der Waals surface area contributed by atoms with Crippen LogP contribution in [0.4, 0.5) is 18.9 Å². The third-order valence-corrected chi connectivity index (χ3v) is 2.86. The van der Waals surface area contributed by atoms with Gasteiger partial charge in [0.2, 0.25) is 0 Å². The van der Waals surface area contributed by atoms with Gasteiger partial charge in [-0.25, -0.2) is 0 Å². The van der Waals surface area contributed by atoms with E-state index in [9.17, 15) is 28.1 Å². The molecule has 0 aromatic heterocycles. The largest absolute Gasteiger partial charge is 0.424 e. The topological polar surface area (TPSA) is 60.2 Å². The number of ketones is 1. The predicted molar refractivity (Wildman–Crippen MR) is 60.8 cm³/mol. The molecule has 1 aromatic carbocycles. The SMILES string of the molecule is O=C(CCl)c1cc(Br)c(C(F)(F)F)c([N+](=O)[O-])c1. The minimum Gasteiger partial charge on any atom is -0.293 e. The van der Waals surface area contributed by atoms with Crippen molar-refractivity contribution >= 4 is 39.0 Å². The fourth-order valence-corrected chi connectivity index (χ4v) is 2.08. The number of carbonyl (C=O) groups is 1. The predicted octanol–water partition coefficient (Wildman–Crippen LogP) is 3.80. The molecule has 0 aliphatic carbocycles. The molecule has 98 valence electrons. The van der Waals surface area contributed by atoms with Crippen molar-refractivity contribution in [3.05, 3.63) is 37.8 Å². The Morgan fingerprint density at radius 1 is 1.44 bits per heavy atom. The number of rotatable bonds is 3. The zero-order valence-electron chi connectivity index (χ0n) is 8.42. The first-order chi connectivity index (χ1) is 8.18. The number of hydrogen-bond donors (Lipinski definition) is 0. The molecule has 0 unspecified atom stereocenters. The minimum absolute atomic E-state index is 0.253. The fraction of sp³-hybridized carbons (Fsp3) is 0.222. The number of hydrogen-bond acceptors (Lipinski definition) is 3. The maximum Gasteiger partial charge on any atom is 0.424 e. The van der Waals surface area contributed by atoms with Crippen LogP contribution in [0, 0.1) is 10.1 Å². The second kappa shape index (κ2) is 5.23. The molecule has 0 spiro atoms. The molecule has 0 saturated heterocycles. The Morgan fingerprint density at radius 3 is 2.39 bits per heavy atom. The average Bonchev–Trinajstić information content (AvgIpc) is 2.24. The van der Waals surface area contributed by atoms with E-state index < -0.39 is 38.5 Å². The van der Waals surface area contributed by atoms with Gasteiger partial charge in [0.25, 0.3) is 5.69 Å². The Kier molecular flexibility index (Phi) is 4.33. The lowest BCUT2D eigenvalue weighted by atomic mass is 10.1. The first-order valence-electron chi connectivity index (χ1n) is 4.32. The summed E-state index contributed by atoms with van der Waals surface area (Å²) in [5, 5.41) is 10.6. The molecule has 0 saturated carbocycles. The van der Waals surface area contributed by atoms with Crippen molar-refractivity contribution in [2.75, 3.05) is 5.88 Å². The lowest BCUT2D eigenvalue weighted by Gasteiger charge is -2.10. The van der Waals surface area contributed by atoms with Gasteiger partial charge >= 0.3 is 6.18 Å². The van der Waals surface area contributed by atoms with E-state index in [1.54, 1.807) is 0 Å². The highest BCUT2D eigenvalue weighted by Gasteiger charge is 2.41. The van der Waals surface area contributed by atoms with E-state index in [-0.39, 0.29) is 5.56 Å². The Morgan fingerprint density at radius 2 is 2.00 bits per heavy atom. The maximum atomic E-state index is 12.6. The lowest BCUT2D eigenvalue weighted by Crippen LogP contribution is -2.12.